The molecule has 126 valence electrons. The van der Waals surface area contributed by atoms with Crippen molar-refractivity contribution in [1.29, 1.82) is 0 Å². The minimum absolute atomic E-state index is 0.245. The van der Waals surface area contributed by atoms with Crippen molar-refractivity contribution in [2.45, 2.75) is 25.4 Å². The molecule has 3 nitrogen and oxygen atoms in total. The second-order valence-electron chi connectivity index (χ2n) is 6.78. The number of hydrogen-bond acceptors (Lipinski definition) is 3. The van der Waals surface area contributed by atoms with Gasteiger partial charge in [0.2, 0.25) is 0 Å². The Morgan fingerprint density at radius 2 is 1.88 bits per heavy atom. The molecule has 0 fully saturated rings. The van der Waals surface area contributed by atoms with Gasteiger partial charge in [0.1, 0.15) is 5.60 Å². The number of esters is 1. The van der Waals surface area contributed by atoms with E-state index >= 15 is 0 Å². The smallest absolute Gasteiger partial charge is 0.339 e. The first kappa shape index (κ1) is 17.0. The van der Waals surface area contributed by atoms with Gasteiger partial charge in [0.05, 0.1) is 5.56 Å². The number of rotatable bonds is 4. The Kier molecular flexibility index (Phi) is 4.66. The zero-order valence-corrected chi connectivity index (χ0v) is 15.1. The van der Waals surface area contributed by atoms with E-state index in [0.717, 1.165) is 29.7 Å². The van der Waals surface area contributed by atoms with Gasteiger partial charge >= 0.3 is 5.97 Å². The topological polar surface area (TPSA) is 29.5 Å². The molecule has 0 N–H and O–H groups in total. The predicted molar refractivity (Wildman–Crippen MR) is 96.6 cm³/mol. The quantitative estimate of drug-likeness (QED) is 0.779. The fourth-order valence-corrected chi connectivity index (χ4v) is 3.37. The van der Waals surface area contributed by atoms with Crippen LogP contribution < -0.4 is 0 Å². The normalized spacial score (nSPS) is 20.0. The lowest BCUT2D eigenvalue weighted by Crippen LogP contribution is -2.41. The van der Waals surface area contributed by atoms with Crippen LogP contribution in [0.15, 0.2) is 42.5 Å². The number of benzene rings is 2. The Balaban J connectivity index is 2.05. The van der Waals surface area contributed by atoms with Crippen molar-refractivity contribution >= 4 is 17.6 Å². The minimum atomic E-state index is -0.646. The second kappa shape index (κ2) is 6.58. The Morgan fingerprint density at radius 3 is 2.54 bits per heavy atom. The molecule has 1 atom stereocenters. The van der Waals surface area contributed by atoms with Crippen molar-refractivity contribution in [2.75, 3.05) is 20.6 Å². The summed E-state index contributed by atoms with van der Waals surface area (Å²) in [6.07, 6.45) is 1.42. The Hall–Kier alpha value is -1.84. The summed E-state index contributed by atoms with van der Waals surface area (Å²) < 4.78 is 6.01. The summed E-state index contributed by atoms with van der Waals surface area (Å²) in [5.41, 5.74) is 3.23. The maximum absolute atomic E-state index is 12.6. The highest BCUT2D eigenvalue weighted by Crippen LogP contribution is 2.39. The van der Waals surface area contributed by atoms with Crippen LogP contribution in [-0.4, -0.2) is 31.5 Å². The Morgan fingerprint density at radius 1 is 1.17 bits per heavy atom. The van der Waals surface area contributed by atoms with Gasteiger partial charge in [-0.15, -0.1) is 0 Å². The summed E-state index contributed by atoms with van der Waals surface area (Å²) >= 11 is 6.04. The van der Waals surface area contributed by atoms with E-state index in [1.807, 2.05) is 57.4 Å². The largest absolute Gasteiger partial charge is 0.450 e. The van der Waals surface area contributed by atoms with Crippen LogP contribution in [0.4, 0.5) is 0 Å². The first-order valence-electron chi connectivity index (χ1n) is 8.13. The number of carbonyl (C=O) groups is 1. The molecule has 24 heavy (non-hydrogen) atoms. The Labute approximate surface area is 148 Å². The van der Waals surface area contributed by atoms with Gasteiger partial charge < -0.3 is 9.64 Å². The summed E-state index contributed by atoms with van der Waals surface area (Å²) in [4.78, 5) is 14.7. The van der Waals surface area contributed by atoms with Gasteiger partial charge in [-0.1, -0.05) is 41.4 Å². The van der Waals surface area contributed by atoms with Crippen molar-refractivity contribution in [3.63, 3.8) is 0 Å². The molecule has 0 radical (unpaired) electrons. The van der Waals surface area contributed by atoms with Crippen molar-refractivity contribution in [3.8, 4) is 0 Å². The predicted octanol–water partition coefficient (Wildman–Crippen LogP) is 4.21. The number of ether oxygens (including phenoxy) is 1. The van der Waals surface area contributed by atoms with Crippen LogP contribution in [0.5, 0.6) is 0 Å². The summed E-state index contributed by atoms with van der Waals surface area (Å²) in [6.45, 7) is 2.88. The van der Waals surface area contributed by atoms with E-state index < -0.39 is 5.60 Å². The van der Waals surface area contributed by atoms with Crippen LogP contribution in [0, 0.1) is 6.92 Å². The maximum atomic E-state index is 12.6. The zero-order chi connectivity index (χ0) is 17.3. The highest BCUT2D eigenvalue weighted by Gasteiger charge is 2.41. The number of aryl methyl sites for hydroxylation is 1. The molecular formula is C20H22ClNO2. The molecule has 0 spiro atoms. The average molecular weight is 344 g/mol. The van der Waals surface area contributed by atoms with Crippen LogP contribution >= 0.6 is 11.6 Å². The molecule has 1 aliphatic rings. The summed E-state index contributed by atoms with van der Waals surface area (Å²) in [6, 6.07) is 13.6. The van der Waals surface area contributed by atoms with Crippen LogP contribution in [0.3, 0.4) is 0 Å². The lowest BCUT2D eigenvalue weighted by molar-refractivity contribution is -0.0355. The summed E-state index contributed by atoms with van der Waals surface area (Å²) in [7, 11) is 4.05. The highest BCUT2D eigenvalue weighted by molar-refractivity contribution is 6.30. The molecule has 0 amide bonds. The molecule has 0 saturated heterocycles. The van der Waals surface area contributed by atoms with E-state index in [1.165, 1.54) is 0 Å². The van der Waals surface area contributed by atoms with Crippen molar-refractivity contribution in [3.05, 3.63) is 69.7 Å². The van der Waals surface area contributed by atoms with Crippen LogP contribution in [0.2, 0.25) is 5.02 Å². The molecule has 0 saturated carbocycles. The molecule has 0 aliphatic carbocycles. The lowest BCUT2D eigenvalue weighted by atomic mass is 9.80. The monoisotopic (exact) mass is 343 g/mol. The fraction of sp³-hybridized carbons (Fsp3) is 0.350. The molecule has 4 heteroatoms. The van der Waals surface area contributed by atoms with E-state index in [0.29, 0.717) is 17.0 Å². The third-order valence-electron chi connectivity index (χ3n) is 4.58. The minimum Gasteiger partial charge on any atom is -0.450 e. The van der Waals surface area contributed by atoms with Crippen molar-refractivity contribution in [2.24, 2.45) is 0 Å². The van der Waals surface area contributed by atoms with Crippen molar-refractivity contribution in [1.82, 2.24) is 4.90 Å². The lowest BCUT2D eigenvalue weighted by Gasteiger charge is -2.39. The van der Waals surface area contributed by atoms with Gasteiger partial charge in [-0.3, -0.25) is 0 Å². The van der Waals surface area contributed by atoms with Gasteiger partial charge in [-0.2, -0.15) is 0 Å². The van der Waals surface area contributed by atoms with Gasteiger partial charge in [-0.25, -0.2) is 4.79 Å². The molecule has 0 bridgehead atoms. The van der Waals surface area contributed by atoms with Gasteiger partial charge in [0.15, 0.2) is 0 Å². The number of halogens is 1. The molecule has 2 aromatic carbocycles. The molecule has 1 aliphatic heterocycles. The van der Waals surface area contributed by atoms with Crippen molar-refractivity contribution < 1.29 is 9.53 Å². The number of fused-ring (bicyclic) bond motifs is 1. The van der Waals surface area contributed by atoms with E-state index in [1.54, 1.807) is 0 Å². The van der Waals surface area contributed by atoms with Gasteiger partial charge in [0, 0.05) is 24.4 Å². The fourth-order valence-electron chi connectivity index (χ4n) is 3.25. The zero-order valence-electron chi connectivity index (χ0n) is 14.3. The molecule has 2 aromatic rings. The highest BCUT2D eigenvalue weighted by atomic mass is 35.5. The van der Waals surface area contributed by atoms with E-state index in [9.17, 15) is 4.79 Å². The maximum Gasteiger partial charge on any atom is 0.339 e. The van der Waals surface area contributed by atoms with E-state index in [4.69, 9.17) is 16.3 Å². The summed E-state index contributed by atoms with van der Waals surface area (Å²) in [5, 5.41) is 0.680. The molecule has 3 rings (SSSR count). The first-order valence-corrected chi connectivity index (χ1v) is 8.51. The standard InChI is InChI=1S/C20H22ClNO2/c1-14-4-9-18-15(12-14)13-20(24-19(18)23,10-11-22(2)3)16-5-7-17(21)8-6-16/h4-9,12H,10-11,13H2,1-3H3. The van der Waals surface area contributed by atoms with Crippen LogP contribution in [0.25, 0.3) is 0 Å². The molecular weight excluding hydrogens is 322 g/mol. The Bertz CT molecular complexity index is 755. The van der Waals surface area contributed by atoms with Crippen LogP contribution in [0.1, 0.15) is 33.5 Å². The SMILES string of the molecule is Cc1ccc2c(c1)CC(CCN(C)C)(c1ccc(Cl)cc1)OC2=O. The van der Waals surface area contributed by atoms with E-state index in [2.05, 4.69) is 11.0 Å². The molecule has 1 heterocycles. The second-order valence-corrected chi connectivity index (χ2v) is 7.22. The number of hydrogen-bond donors (Lipinski definition) is 0. The molecule has 0 aromatic heterocycles. The number of carbonyl (C=O) groups excluding carboxylic acids is 1. The third-order valence-corrected chi connectivity index (χ3v) is 4.83. The number of cyclic esters (lactones) is 1. The third kappa shape index (κ3) is 3.33. The van der Waals surface area contributed by atoms with Crippen LogP contribution in [-0.2, 0) is 16.8 Å². The van der Waals surface area contributed by atoms with Gasteiger partial charge in [-0.05, 0) is 50.3 Å². The van der Waals surface area contributed by atoms with Gasteiger partial charge in [0.25, 0.3) is 0 Å². The molecule has 1 unspecified atom stereocenters. The first-order chi connectivity index (χ1) is 11.4. The van der Waals surface area contributed by atoms with E-state index in [-0.39, 0.29) is 5.97 Å². The number of nitrogens with zero attached hydrogens (tertiary/aromatic N) is 1. The summed E-state index contributed by atoms with van der Waals surface area (Å²) in [5.74, 6) is -0.245. The average Bonchev–Trinajstić information content (AvgIpc) is 2.53.